The SMILES string of the molecule is CCC(=O)c1ccc(OCC(=O)Nc2ccc3c(c2)CCN3C(C)=O)cc1. The Morgan fingerprint density at radius 2 is 1.85 bits per heavy atom. The molecule has 1 N–H and O–H groups in total. The lowest BCUT2D eigenvalue weighted by Gasteiger charge is -2.15. The number of amides is 2. The van der Waals surface area contributed by atoms with E-state index in [-0.39, 0.29) is 24.2 Å². The topological polar surface area (TPSA) is 75.7 Å². The van der Waals surface area contributed by atoms with Crippen molar-refractivity contribution in [2.75, 3.05) is 23.4 Å². The average Bonchev–Trinajstić information content (AvgIpc) is 3.09. The van der Waals surface area contributed by atoms with E-state index in [0.29, 0.717) is 30.0 Å². The Morgan fingerprint density at radius 3 is 2.52 bits per heavy atom. The molecule has 2 aromatic rings. The van der Waals surface area contributed by atoms with Crippen molar-refractivity contribution < 1.29 is 19.1 Å². The molecule has 1 aliphatic rings. The van der Waals surface area contributed by atoms with E-state index in [1.165, 1.54) is 0 Å². The van der Waals surface area contributed by atoms with Gasteiger partial charge in [0.2, 0.25) is 5.91 Å². The van der Waals surface area contributed by atoms with E-state index in [9.17, 15) is 14.4 Å². The number of Topliss-reactive ketones (excluding diaryl/α,β-unsaturated/α-hetero) is 1. The molecule has 0 aliphatic carbocycles. The van der Waals surface area contributed by atoms with Crippen molar-refractivity contribution in [3.05, 3.63) is 53.6 Å². The lowest BCUT2D eigenvalue weighted by molar-refractivity contribution is -0.118. The second-order valence-electron chi connectivity index (χ2n) is 6.40. The number of ether oxygens (including phenoxy) is 1. The Balaban J connectivity index is 1.55. The molecule has 0 saturated heterocycles. The number of nitrogens with one attached hydrogen (secondary N) is 1. The number of anilines is 2. The molecule has 0 bridgehead atoms. The van der Waals surface area contributed by atoms with Crippen LogP contribution in [0.3, 0.4) is 0 Å². The van der Waals surface area contributed by atoms with Crippen molar-refractivity contribution in [3.63, 3.8) is 0 Å². The minimum absolute atomic E-state index is 0.0191. The number of carbonyl (C=O) groups excluding carboxylic acids is 3. The monoisotopic (exact) mass is 366 g/mol. The number of fused-ring (bicyclic) bond motifs is 1. The second-order valence-corrected chi connectivity index (χ2v) is 6.40. The Kier molecular flexibility index (Phi) is 5.54. The summed E-state index contributed by atoms with van der Waals surface area (Å²) in [6.07, 6.45) is 1.23. The maximum absolute atomic E-state index is 12.1. The molecule has 1 heterocycles. The maximum atomic E-state index is 12.1. The molecule has 1 aliphatic heterocycles. The fourth-order valence-corrected chi connectivity index (χ4v) is 3.09. The Hall–Kier alpha value is -3.15. The van der Waals surface area contributed by atoms with Crippen LogP contribution in [-0.4, -0.2) is 30.7 Å². The predicted octanol–water partition coefficient (Wildman–Crippen LogP) is 3.21. The van der Waals surface area contributed by atoms with Crippen LogP contribution in [0.5, 0.6) is 5.75 Å². The van der Waals surface area contributed by atoms with Crippen molar-refractivity contribution in [2.24, 2.45) is 0 Å². The molecule has 3 rings (SSSR count). The zero-order valence-electron chi connectivity index (χ0n) is 15.5. The van der Waals surface area contributed by atoms with Gasteiger partial charge in [-0.1, -0.05) is 6.92 Å². The molecule has 6 nitrogen and oxygen atoms in total. The van der Waals surface area contributed by atoms with Gasteiger partial charge in [-0.2, -0.15) is 0 Å². The lowest BCUT2D eigenvalue weighted by atomic mass is 10.1. The highest BCUT2D eigenvalue weighted by atomic mass is 16.5. The van der Waals surface area contributed by atoms with Gasteiger partial charge in [0.05, 0.1) is 0 Å². The molecule has 0 atom stereocenters. The van der Waals surface area contributed by atoms with Crippen LogP contribution >= 0.6 is 0 Å². The molecular weight excluding hydrogens is 344 g/mol. The number of carbonyl (C=O) groups is 3. The van der Waals surface area contributed by atoms with E-state index in [1.54, 1.807) is 42.2 Å². The van der Waals surface area contributed by atoms with Gasteiger partial charge in [0.1, 0.15) is 5.75 Å². The van der Waals surface area contributed by atoms with E-state index in [1.807, 2.05) is 19.1 Å². The quantitative estimate of drug-likeness (QED) is 0.797. The van der Waals surface area contributed by atoms with Gasteiger partial charge in [0, 0.05) is 36.8 Å². The zero-order chi connectivity index (χ0) is 19.4. The predicted molar refractivity (Wildman–Crippen MR) is 103 cm³/mol. The van der Waals surface area contributed by atoms with E-state index in [0.717, 1.165) is 17.7 Å². The number of nitrogens with zero attached hydrogens (tertiary/aromatic N) is 1. The first kappa shape index (κ1) is 18.6. The number of hydrogen-bond acceptors (Lipinski definition) is 4. The van der Waals surface area contributed by atoms with Gasteiger partial charge in [-0.15, -0.1) is 0 Å². The summed E-state index contributed by atoms with van der Waals surface area (Å²) in [7, 11) is 0. The van der Waals surface area contributed by atoms with Crippen molar-refractivity contribution in [2.45, 2.75) is 26.7 Å². The lowest BCUT2D eigenvalue weighted by Crippen LogP contribution is -2.25. The Labute approximate surface area is 158 Å². The molecular formula is C21H22N2O4. The van der Waals surface area contributed by atoms with Crippen molar-refractivity contribution in [1.82, 2.24) is 0 Å². The van der Waals surface area contributed by atoms with Crippen LogP contribution in [0.2, 0.25) is 0 Å². The molecule has 140 valence electrons. The molecule has 0 unspecified atom stereocenters. The summed E-state index contributed by atoms with van der Waals surface area (Å²) < 4.78 is 5.47. The fourth-order valence-electron chi connectivity index (χ4n) is 3.09. The molecule has 0 aromatic heterocycles. The third-order valence-corrected chi connectivity index (χ3v) is 4.51. The standard InChI is InChI=1S/C21H22N2O4/c1-3-20(25)15-4-7-18(8-5-15)27-13-21(26)22-17-6-9-19-16(12-17)10-11-23(19)14(2)24/h4-9,12H,3,10-11,13H2,1-2H3,(H,22,26). The summed E-state index contributed by atoms with van der Waals surface area (Å²) in [6, 6.07) is 12.3. The summed E-state index contributed by atoms with van der Waals surface area (Å²) in [4.78, 5) is 37.1. The van der Waals surface area contributed by atoms with Crippen LogP contribution in [0.15, 0.2) is 42.5 Å². The van der Waals surface area contributed by atoms with Crippen LogP contribution in [-0.2, 0) is 16.0 Å². The van der Waals surface area contributed by atoms with E-state index < -0.39 is 0 Å². The summed E-state index contributed by atoms with van der Waals surface area (Å²) >= 11 is 0. The van der Waals surface area contributed by atoms with Gasteiger partial charge < -0.3 is 15.0 Å². The van der Waals surface area contributed by atoms with E-state index >= 15 is 0 Å². The van der Waals surface area contributed by atoms with Gasteiger partial charge in [0.25, 0.3) is 5.91 Å². The highest BCUT2D eigenvalue weighted by molar-refractivity contribution is 5.96. The molecule has 6 heteroatoms. The van der Waals surface area contributed by atoms with Crippen molar-refractivity contribution >= 4 is 29.0 Å². The first-order chi connectivity index (χ1) is 13.0. The van der Waals surface area contributed by atoms with Crippen LogP contribution in [0.1, 0.15) is 36.2 Å². The first-order valence-corrected chi connectivity index (χ1v) is 8.95. The number of benzene rings is 2. The third-order valence-electron chi connectivity index (χ3n) is 4.51. The highest BCUT2D eigenvalue weighted by Crippen LogP contribution is 2.30. The van der Waals surface area contributed by atoms with Gasteiger partial charge in [-0.05, 0) is 54.4 Å². The first-order valence-electron chi connectivity index (χ1n) is 8.95. The molecule has 0 saturated carbocycles. The van der Waals surface area contributed by atoms with Gasteiger partial charge in [0.15, 0.2) is 12.4 Å². The van der Waals surface area contributed by atoms with Crippen LogP contribution in [0.25, 0.3) is 0 Å². The molecule has 2 amide bonds. The number of hydrogen-bond donors (Lipinski definition) is 1. The van der Waals surface area contributed by atoms with Gasteiger partial charge in [-0.25, -0.2) is 0 Å². The van der Waals surface area contributed by atoms with E-state index in [2.05, 4.69) is 5.32 Å². The summed E-state index contributed by atoms with van der Waals surface area (Å²) in [5.41, 5.74) is 3.25. The normalized spacial score (nSPS) is 12.4. The molecule has 0 radical (unpaired) electrons. The Bertz CT molecular complexity index is 874. The number of ketones is 1. The van der Waals surface area contributed by atoms with E-state index in [4.69, 9.17) is 4.74 Å². The average molecular weight is 366 g/mol. The van der Waals surface area contributed by atoms with Crippen molar-refractivity contribution in [1.29, 1.82) is 0 Å². The molecule has 0 fully saturated rings. The van der Waals surface area contributed by atoms with Crippen LogP contribution in [0.4, 0.5) is 11.4 Å². The summed E-state index contributed by atoms with van der Waals surface area (Å²) in [5, 5.41) is 2.80. The molecule has 2 aromatic carbocycles. The molecule has 27 heavy (non-hydrogen) atoms. The largest absolute Gasteiger partial charge is 0.484 e. The summed E-state index contributed by atoms with van der Waals surface area (Å²) in [6.45, 7) is 3.90. The third kappa shape index (κ3) is 4.34. The minimum Gasteiger partial charge on any atom is -0.484 e. The smallest absolute Gasteiger partial charge is 0.262 e. The van der Waals surface area contributed by atoms with Crippen LogP contribution in [0, 0.1) is 0 Å². The van der Waals surface area contributed by atoms with Crippen molar-refractivity contribution in [3.8, 4) is 5.75 Å². The number of rotatable bonds is 6. The molecule has 0 spiro atoms. The maximum Gasteiger partial charge on any atom is 0.262 e. The Morgan fingerprint density at radius 1 is 1.11 bits per heavy atom. The van der Waals surface area contributed by atoms with Crippen LogP contribution < -0.4 is 15.0 Å². The zero-order valence-corrected chi connectivity index (χ0v) is 15.5. The van der Waals surface area contributed by atoms with Gasteiger partial charge >= 0.3 is 0 Å². The van der Waals surface area contributed by atoms with Gasteiger partial charge in [-0.3, -0.25) is 14.4 Å². The minimum atomic E-state index is -0.273. The second kappa shape index (κ2) is 8.03. The summed E-state index contributed by atoms with van der Waals surface area (Å²) in [5.74, 6) is 0.346. The highest BCUT2D eigenvalue weighted by Gasteiger charge is 2.22. The fraction of sp³-hybridized carbons (Fsp3) is 0.286.